The zero-order valence-corrected chi connectivity index (χ0v) is 12.7. The molecule has 0 aliphatic heterocycles. The van der Waals surface area contributed by atoms with E-state index in [0.29, 0.717) is 12.1 Å². The van der Waals surface area contributed by atoms with Crippen molar-refractivity contribution in [3.63, 3.8) is 0 Å². The first kappa shape index (κ1) is 13.3. The third-order valence-electron chi connectivity index (χ3n) is 2.33. The molecule has 94 valence electrons. The van der Waals surface area contributed by atoms with E-state index in [0.717, 1.165) is 20.3 Å². The number of carbonyl (C=O) groups is 1. The van der Waals surface area contributed by atoms with Crippen LogP contribution in [-0.4, -0.2) is 23.0 Å². The van der Waals surface area contributed by atoms with E-state index in [9.17, 15) is 4.79 Å². The molecule has 2 rings (SSSR count). The van der Waals surface area contributed by atoms with Crippen LogP contribution in [0, 0.1) is 0 Å². The predicted molar refractivity (Wildman–Crippen MR) is 74.6 cm³/mol. The molecule has 1 N–H and O–H groups in total. The van der Waals surface area contributed by atoms with Crippen LogP contribution in [-0.2, 0) is 11.2 Å². The number of aromatic amines is 1. The second kappa shape index (κ2) is 5.67. The lowest BCUT2D eigenvalue weighted by Gasteiger charge is -2.01. The summed E-state index contributed by atoms with van der Waals surface area (Å²) in [4.78, 5) is 18.4. The highest BCUT2D eigenvalue weighted by Gasteiger charge is 2.10. The summed E-state index contributed by atoms with van der Waals surface area (Å²) in [5.74, 6) is 0.310. The van der Waals surface area contributed by atoms with Crippen LogP contribution < -0.4 is 0 Å². The Balaban J connectivity index is 2.18. The van der Waals surface area contributed by atoms with E-state index in [4.69, 9.17) is 0 Å². The van der Waals surface area contributed by atoms with E-state index >= 15 is 0 Å². The number of methoxy groups -OCH3 is 1. The molecule has 0 saturated heterocycles. The third kappa shape index (κ3) is 3.20. The van der Waals surface area contributed by atoms with E-state index in [-0.39, 0.29) is 0 Å². The summed E-state index contributed by atoms with van der Waals surface area (Å²) >= 11 is 6.86. The summed E-state index contributed by atoms with van der Waals surface area (Å²) in [6.45, 7) is 0. The number of imidazole rings is 1. The number of esters is 1. The zero-order valence-electron chi connectivity index (χ0n) is 9.54. The molecule has 0 fully saturated rings. The van der Waals surface area contributed by atoms with Gasteiger partial charge in [0.05, 0.1) is 13.3 Å². The number of halogens is 2. The van der Waals surface area contributed by atoms with Gasteiger partial charge in [-0.1, -0.05) is 31.9 Å². The predicted octanol–water partition coefficient (Wildman–Crippen LogP) is 3.31. The van der Waals surface area contributed by atoms with Crippen LogP contribution >= 0.6 is 31.9 Å². The first-order valence-electron chi connectivity index (χ1n) is 5.15. The van der Waals surface area contributed by atoms with Gasteiger partial charge in [-0.25, -0.2) is 9.78 Å². The molecule has 0 atom stereocenters. The van der Waals surface area contributed by atoms with Gasteiger partial charge in [-0.05, 0) is 23.8 Å². The highest BCUT2D eigenvalue weighted by molar-refractivity contribution is 9.11. The van der Waals surface area contributed by atoms with Crippen LogP contribution in [0.1, 0.15) is 21.9 Å². The molecular weight excluding hydrogens is 364 g/mol. The Morgan fingerprint density at radius 3 is 2.61 bits per heavy atom. The highest BCUT2D eigenvalue weighted by Crippen LogP contribution is 2.21. The van der Waals surface area contributed by atoms with Crippen LogP contribution in [0.25, 0.3) is 0 Å². The van der Waals surface area contributed by atoms with Gasteiger partial charge in [0.15, 0.2) is 0 Å². The largest absolute Gasteiger partial charge is 0.464 e. The molecule has 2 aromatic rings. The van der Waals surface area contributed by atoms with Crippen LogP contribution in [0.5, 0.6) is 0 Å². The van der Waals surface area contributed by atoms with E-state index in [1.165, 1.54) is 13.3 Å². The van der Waals surface area contributed by atoms with Gasteiger partial charge in [0, 0.05) is 15.4 Å². The molecule has 0 spiro atoms. The molecule has 0 aliphatic carbocycles. The minimum absolute atomic E-state index is 0.363. The summed E-state index contributed by atoms with van der Waals surface area (Å²) in [5.41, 5.74) is 1.45. The number of hydrogen-bond acceptors (Lipinski definition) is 3. The number of hydrogen-bond donors (Lipinski definition) is 1. The molecule has 18 heavy (non-hydrogen) atoms. The SMILES string of the molecule is COC(=O)c1cnc(Cc2cc(Br)cc(Br)c2)[nH]1. The topological polar surface area (TPSA) is 55.0 Å². The molecule has 1 aromatic heterocycles. The van der Waals surface area contributed by atoms with Crippen LogP contribution in [0.3, 0.4) is 0 Å². The van der Waals surface area contributed by atoms with E-state index in [1.54, 1.807) is 0 Å². The summed E-state index contributed by atoms with van der Waals surface area (Å²) in [7, 11) is 1.34. The standard InChI is InChI=1S/C12H10Br2N2O2/c1-18-12(17)10-6-15-11(16-10)4-7-2-8(13)5-9(14)3-7/h2-3,5-6H,4H2,1H3,(H,15,16). The van der Waals surface area contributed by atoms with Crippen molar-refractivity contribution in [3.05, 3.63) is 50.4 Å². The fraction of sp³-hybridized carbons (Fsp3) is 0.167. The van der Waals surface area contributed by atoms with E-state index in [1.807, 2.05) is 18.2 Å². The number of rotatable bonds is 3. The third-order valence-corrected chi connectivity index (χ3v) is 3.24. The maximum absolute atomic E-state index is 11.3. The molecule has 0 saturated carbocycles. The summed E-state index contributed by atoms with van der Waals surface area (Å²) in [6, 6.07) is 5.97. The number of nitrogens with one attached hydrogen (secondary N) is 1. The first-order chi connectivity index (χ1) is 8.58. The average Bonchev–Trinajstić information content (AvgIpc) is 2.75. The van der Waals surface area contributed by atoms with Crippen molar-refractivity contribution in [2.75, 3.05) is 7.11 Å². The number of benzene rings is 1. The molecule has 0 aliphatic rings. The fourth-order valence-corrected chi connectivity index (χ4v) is 2.96. The van der Waals surface area contributed by atoms with E-state index < -0.39 is 5.97 Å². The van der Waals surface area contributed by atoms with Gasteiger partial charge in [0.1, 0.15) is 11.5 Å². The lowest BCUT2D eigenvalue weighted by Crippen LogP contribution is -2.01. The molecule has 0 bridgehead atoms. The van der Waals surface area contributed by atoms with Crippen molar-refractivity contribution in [3.8, 4) is 0 Å². The Kier molecular flexibility index (Phi) is 4.19. The van der Waals surface area contributed by atoms with Crippen molar-refractivity contribution in [2.24, 2.45) is 0 Å². The van der Waals surface area contributed by atoms with Crippen LogP contribution in [0.15, 0.2) is 33.3 Å². The average molecular weight is 374 g/mol. The van der Waals surface area contributed by atoms with Gasteiger partial charge >= 0.3 is 5.97 Å². The molecular formula is C12H10Br2N2O2. The van der Waals surface area contributed by atoms with Crippen LogP contribution in [0.2, 0.25) is 0 Å². The fourth-order valence-electron chi connectivity index (χ4n) is 1.57. The number of carbonyl (C=O) groups excluding carboxylic acids is 1. The normalized spacial score (nSPS) is 10.4. The van der Waals surface area contributed by atoms with E-state index in [2.05, 4.69) is 46.6 Å². The lowest BCUT2D eigenvalue weighted by atomic mass is 10.1. The van der Waals surface area contributed by atoms with Crippen molar-refractivity contribution >= 4 is 37.8 Å². The molecule has 4 nitrogen and oxygen atoms in total. The molecule has 1 heterocycles. The second-order valence-corrected chi connectivity index (χ2v) is 5.52. The molecule has 1 aromatic carbocycles. The maximum Gasteiger partial charge on any atom is 0.356 e. The Bertz CT molecular complexity index is 561. The summed E-state index contributed by atoms with van der Waals surface area (Å²) in [6.07, 6.45) is 2.10. The van der Waals surface area contributed by atoms with Crippen molar-refractivity contribution in [2.45, 2.75) is 6.42 Å². The minimum Gasteiger partial charge on any atom is -0.464 e. The van der Waals surface area contributed by atoms with Gasteiger partial charge in [-0.3, -0.25) is 0 Å². The van der Waals surface area contributed by atoms with Crippen molar-refractivity contribution in [1.82, 2.24) is 9.97 Å². The molecule has 0 amide bonds. The summed E-state index contributed by atoms with van der Waals surface area (Å²) < 4.78 is 6.60. The quantitative estimate of drug-likeness (QED) is 0.839. The molecule has 0 unspecified atom stereocenters. The number of H-pyrrole nitrogens is 1. The maximum atomic E-state index is 11.3. The van der Waals surface area contributed by atoms with Gasteiger partial charge in [0.2, 0.25) is 0 Å². The smallest absolute Gasteiger partial charge is 0.356 e. The van der Waals surface area contributed by atoms with Crippen LogP contribution in [0.4, 0.5) is 0 Å². The zero-order chi connectivity index (χ0) is 13.1. The minimum atomic E-state index is -0.413. The second-order valence-electron chi connectivity index (χ2n) is 3.69. The molecule has 0 radical (unpaired) electrons. The van der Waals surface area contributed by atoms with Crippen molar-refractivity contribution < 1.29 is 9.53 Å². The lowest BCUT2D eigenvalue weighted by molar-refractivity contribution is 0.0594. The molecule has 6 heteroatoms. The number of aromatic nitrogens is 2. The highest BCUT2D eigenvalue weighted by atomic mass is 79.9. The first-order valence-corrected chi connectivity index (χ1v) is 6.74. The number of ether oxygens (including phenoxy) is 1. The van der Waals surface area contributed by atoms with Gasteiger partial charge in [-0.2, -0.15) is 0 Å². The monoisotopic (exact) mass is 372 g/mol. The Morgan fingerprint density at radius 2 is 2.00 bits per heavy atom. The van der Waals surface area contributed by atoms with Crippen molar-refractivity contribution in [1.29, 1.82) is 0 Å². The van der Waals surface area contributed by atoms with Gasteiger partial charge < -0.3 is 9.72 Å². The Morgan fingerprint density at radius 1 is 1.33 bits per heavy atom. The number of nitrogens with zero attached hydrogens (tertiary/aromatic N) is 1. The Labute approximate surface area is 121 Å². The van der Waals surface area contributed by atoms with Gasteiger partial charge in [0.25, 0.3) is 0 Å². The summed E-state index contributed by atoms with van der Waals surface area (Å²) in [5, 5.41) is 0. The Hall–Kier alpha value is -1.14. The van der Waals surface area contributed by atoms with Gasteiger partial charge in [-0.15, -0.1) is 0 Å².